The number of rotatable bonds is 5. The van der Waals surface area contributed by atoms with Crippen molar-refractivity contribution in [2.24, 2.45) is 5.73 Å². The highest BCUT2D eigenvalue weighted by Gasteiger charge is 2.10. The monoisotopic (exact) mass is 216 g/mol. The van der Waals surface area contributed by atoms with Gasteiger partial charge < -0.3 is 16.2 Å². The van der Waals surface area contributed by atoms with E-state index in [1.54, 1.807) is 0 Å². The third kappa shape index (κ3) is 3.54. The first-order valence-electron chi connectivity index (χ1n) is 4.67. The molecule has 0 radical (unpaired) electrons. The van der Waals surface area contributed by atoms with Crippen LogP contribution in [0.4, 0.5) is 8.78 Å². The minimum atomic E-state index is -0.630. The van der Waals surface area contributed by atoms with E-state index < -0.39 is 11.6 Å². The standard InChI is InChI=1S/C10H14F2N2O/c11-8-3-7(4-9(12)5-8)10(6-13)14-1-2-15/h3-5,10,14-15H,1-2,6,13H2. The molecule has 1 atom stereocenters. The fourth-order valence-corrected chi connectivity index (χ4v) is 1.35. The summed E-state index contributed by atoms with van der Waals surface area (Å²) >= 11 is 0. The minimum Gasteiger partial charge on any atom is -0.395 e. The van der Waals surface area contributed by atoms with Crippen molar-refractivity contribution >= 4 is 0 Å². The summed E-state index contributed by atoms with van der Waals surface area (Å²) in [7, 11) is 0. The van der Waals surface area contributed by atoms with Gasteiger partial charge in [0.1, 0.15) is 11.6 Å². The van der Waals surface area contributed by atoms with Gasteiger partial charge in [-0.2, -0.15) is 0 Å². The van der Waals surface area contributed by atoms with Gasteiger partial charge in [0.2, 0.25) is 0 Å². The average Bonchev–Trinajstić information content (AvgIpc) is 2.17. The van der Waals surface area contributed by atoms with E-state index in [0.717, 1.165) is 6.07 Å². The Balaban J connectivity index is 2.81. The molecule has 15 heavy (non-hydrogen) atoms. The van der Waals surface area contributed by atoms with Gasteiger partial charge in [0.25, 0.3) is 0 Å². The van der Waals surface area contributed by atoms with Crippen LogP contribution >= 0.6 is 0 Å². The zero-order chi connectivity index (χ0) is 11.3. The van der Waals surface area contributed by atoms with Gasteiger partial charge in [-0.1, -0.05) is 0 Å². The summed E-state index contributed by atoms with van der Waals surface area (Å²) in [6, 6.07) is 2.92. The maximum absolute atomic E-state index is 12.9. The topological polar surface area (TPSA) is 58.3 Å². The fourth-order valence-electron chi connectivity index (χ4n) is 1.35. The summed E-state index contributed by atoms with van der Waals surface area (Å²) in [6.45, 7) is 0.497. The van der Waals surface area contributed by atoms with Crippen LogP contribution in [-0.2, 0) is 0 Å². The van der Waals surface area contributed by atoms with Crippen LogP contribution in [0.3, 0.4) is 0 Å². The molecule has 0 aromatic heterocycles. The smallest absolute Gasteiger partial charge is 0.126 e. The molecule has 4 N–H and O–H groups in total. The maximum Gasteiger partial charge on any atom is 0.126 e. The molecule has 0 heterocycles. The van der Waals surface area contributed by atoms with Gasteiger partial charge in [-0.25, -0.2) is 8.78 Å². The summed E-state index contributed by atoms with van der Waals surface area (Å²) in [4.78, 5) is 0. The van der Waals surface area contributed by atoms with E-state index in [2.05, 4.69) is 5.32 Å². The van der Waals surface area contributed by atoms with Crippen LogP contribution in [0.1, 0.15) is 11.6 Å². The molecule has 5 heteroatoms. The van der Waals surface area contributed by atoms with Gasteiger partial charge >= 0.3 is 0 Å². The number of nitrogens with one attached hydrogen (secondary N) is 1. The second kappa shape index (κ2) is 5.75. The number of aliphatic hydroxyl groups excluding tert-OH is 1. The number of halogens is 2. The predicted octanol–water partition coefficient (Wildman–Crippen LogP) is 0.547. The van der Waals surface area contributed by atoms with Crippen molar-refractivity contribution in [3.05, 3.63) is 35.4 Å². The Labute approximate surface area is 86.9 Å². The highest BCUT2D eigenvalue weighted by Crippen LogP contribution is 2.15. The molecule has 0 saturated heterocycles. The summed E-state index contributed by atoms with van der Waals surface area (Å²) in [5, 5.41) is 11.5. The third-order valence-corrected chi connectivity index (χ3v) is 2.03. The van der Waals surface area contributed by atoms with E-state index in [-0.39, 0.29) is 19.2 Å². The van der Waals surface area contributed by atoms with Crippen LogP contribution in [-0.4, -0.2) is 24.8 Å². The molecular formula is C10H14F2N2O. The molecule has 1 unspecified atom stereocenters. The lowest BCUT2D eigenvalue weighted by molar-refractivity contribution is 0.285. The normalized spacial score (nSPS) is 12.8. The number of aliphatic hydroxyl groups is 1. The summed E-state index contributed by atoms with van der Waals surface area (Å²) in [5.74, 6) is -1.26. The molecule has 1 rings (SSSR count). The Morgan fingerprint density at radius 3 is 2.33 bits per heavy atom. The van der Waals surface area contributed by atoms with Crippen LogP contribution in [0.2, 0.25) is 0 Å². The largest absolute Gasteiger partial charge is 0.395 e. The molecule has 0 saturated carbocycles. The summed E-state index contributed by atoms with van der Waals surface area (Å²) in [6.07, 6.45) is 0. The number of hydrogen-bond donors (Lipinski definition) is 3. The third-order valence-electron chi connectivity index (χ3n) is 2.03. The van der Waals surface area contributed by atoms with Crippen LogP contribution in [0, 0.1) is 11.6 Å². The molecule has 0 aliphatic carbocycles. The van der Waals surface area contributed by atoms with Gasteiger partial charge in [0.15, 0.2) is 0 Å². The number of nitrogens with two attached hydrogens (primary N) is 1. The van der Waals surface area contributed by atoms with Crippen molar-refractivity contribution in [1.29, 1.82) is 0 Å². The van der Waals surface area contributed by atoms with Crippen molar-refractivity contribution in [3.8, 4) is 0 Å². The summed E-state index contributed by atoms with van der Waals surface area (Å²) < 4.78 is 25.8. The van der Waals surface area contributed by atoms with E-state index in [1.165, 1.54) is 12.1 Å². The average molecular weight is 216 g/mol. The van der Waals surface area contributed by atoms with E-state index in [0.29, 0.717) is 12.1 Å². The highest BCUT2D eigenvalue weighted by atomic mass is 19.1. The molecule has 84 valence electrons. The lowest BCUT2D eigenvalue weighted by Gasteiger charge is -2.16. The van der Waals surface area contributed by atoms with Gasteiger partial charge in [0, 0.05) is 25.2 Å². The quantitative estimate of drug-likeness (QED) is 0.673. The molecule has 1 aromatic rings. The second-order valence-corrected chi connectivity index (χ2v) is 3.17. The first-order valence-corrected chi connectivity index (χ1v) is 4.67. The molecule has 0 bridgehead atoms. The van der Waals surface area contributed by atoms with Gasteiger partial charge in [0.05, 0.1) is 6.61 Å². The van der Waals surface area contributed by atoms with Gasteiger partial charge in [-0.3, -0.25) is 0 Å². The number of hydrogen-bond acceptors (Lipinski definition) is 3. The lowest BCUT2D eigenvalue weighted by atomic mass is 10.1. The molecule has 0 aliphatic rings. The molecule has 0 aliphatic heterocycles. The van der Waals surface area contributed by atoms with E-state index >= 15 is 0 Å². The zero-order valence-corrected chi connectivity index (χ0v) is 8.21. The van der Waals surface area contributed by atoms with E-state index in [1.807, 2.05) is 0 Å². The predicted molar refractivity (Wildman–Crippen MR) is 53.2 cm³/mol. The first-order chi connectivity index (χ1) is 7.17. The Bertz CT molecular complexity index is 300. The first kappa shape index (κ1) is 12.0. The van der Waals surface area contributed by atoms with Crippen molar-refractivity contribution in [2.75, 3.05) is 19.7 Å². The summed E-state index contributed by atoms with van der Waals surface area (Å²) in [5.41, 5.74) is 5.90. The van der Waals surface area contributed by atoms with E-state index in [4.69, 9.17) is 10.8 Å². The van der Waals surface area contributed by atoms with Gasteiger partial charge in [-0.15, -0.1) is 0 Å². The maximum atomic E-state index is 12.9. The van der Waals surface area contributed by atoms with Crippen molar-refractivity contribution < 1.29 is 13.9 Å². The second-order valence-electron chi connectivity index (χ2n) is 3.17. The van der Waals surface area contributed by atoms with Crippen molar-refractivity contribution in [3.63, 3.8) is 0 Å². The van der Waals surface area contributed by atoms with Gasteiger partial charge in [-0.05, 0) is 17.7 Å². The van der Waals surface area contributed by atoms with Crippen LogP contribution < -0.4 is 11.1 Å². The lowest BCUT2D eigenvalue weighted by Crippen LogP contribution is -2.30. The SMILES string of the molecule is NCC(NCCO)c1cc(F)cc(F)c1. The fraction of sp³-hybridized carbons (Fsp3) is 0.400. The van der Waals surface area contributed by atoms with Crippen molar-refractivity contribution in [2.45, 2.75) is 6.04 Å². The molecule has 0 spiro atoms. The molecule has 1 aromatic carbocycles. The van der Waals surface area contributed by atoms with Crippen LogP contribution in [0.25, 0.3) is 0 Å². The van der Waals surface area contributed by atoms with Crippen LogP contribution in [0.15, 0.2) is 18.2 Å². The highest BCUT2D eigenvalue weighted by molar-refractivity contribution is 5.21. The molecular weight excluding hydrogens is 202 g/mol. The number of benzene rings is 1. The Hall–Kier alpha value is -1.04. The molecule has 0 amide bonds. The van der Waals surface area contributed by atoms with Crippen LogP contribution in [0.5, 0.6) is 0 Å². The molecule has 3 nitrogen and oxygen atoms in total. The van der Waals surface area contributed by atoms with E-state index in [9.17, 15) is 8.78 Å². The Kier molecular flexibility index (Phi) is 4.61. The minimum absolute atomic E-state index is 0.0473. The van der Waals surface area contributed by atoms with Crippen molar-refractivity contribution in [1.82, 2.24) is 5.32 Å². The molecule has 0 fully saturated rings. The zero-order valence-electron chi connectivity index (χ0n) is 8.21. The Morgan fingerprint density at radius 1 is 1.27 bits per heavy atom. The Morgan fingerprint density at radius 2 is 1.87 bits per heavy atom.